The second kappa shape index (κ2) is 12.9. The molecule has 0 aliphatic rings. The molecule has 0 bridgehead atoms. The van der Waals surface area contributed by atoms with Gasteiger partial charge in [0.2, 0.25) is 0 Å². The molecule has 45 heavy (non-hydrogen) atoms. The molecule has 3 nitrogen and oxygen atoms in total. The zero-order valence-electron chi connectivity index (χ0n) is 25.2. The Bertz CT molecular complexity index is 2210. The number of para-hydroxylation sites is 1. The molecule has 0 fully saturated rings. The van der Waals surface area contributed by atoms with E-state index in [2.05, 4.69) is 116 Å². The molecule has 0 saturated heterocycles. The van der Waals surface area contributed by atoms with Crippen molar-refractivity contribution in [3.63, 3.8) is 0 Å². The average Bonchev–Trinajstić information content (AvgIpc) is 3.67. The summed E-state index contributed by atoms with van der Waals surface area (Å²) in [4.78, 5) is 4.31. The molecule has 0 spiro atoms. The van der Waals surface area contributed by atoms with E-state index in [0.29, 0.717) is 0 Å². The molecule has 8 rings (SSSR count). The van der Waals surface area contributed by atoms with Gasteiger partial charge in [0.1, 0.15) is 0 Å². The van der Waals surface area contributed by atoms with E-state index in [0.717, 1.165) is 39.0 Å². The Balaban J connectivity index is 0.000000181. The van der Waals surface area contributed by atoms with Crippen molar-refractivity contribution < 1.29 is 24.6 Å². The van der Waals surface area contributed by atoms with Crippen LogP contribution in [0.5, 0.6) is 0 Å². The molecular formula is C40H30IrN2OS-2. The van der Waals surface area contributed by atoms with Gasteiger partial charge >= 0.3 is 0 Å². The van der Waals surface area contributed by atoms with Crippen LogP contribution in [-0.2, 0) is 25.5 Å². The number of hydrogen-bond donors (Lipinski definition) is 0. The van der Waals surface area contributed by atoms with E-state index >= 15 is 0 Å². The first-order chi connectivity index (χ1) is 21.5. The Morgan fingerprint density at radius 2 is 1.49 bits per heavy atom. The Hall–Kier alpha value is -4.41. The predicted molar refractivity (Wildman–Crippen MR) is 184 cm³/mol. The van der Waals surface area contributed by atoms with Crippen molar-refractivity contribution in [1.82, 2.24) is 10.1 Å². The average molecular weight is 779 g/mol. The van der Waals surface area contributed by atoms with Gasteiger partial charge in [-0.25, -0.2) is 0 Å². The molecule has 1 radical (unpaired) electrons. The van der Waals surface area contributed by atoms with Crippen molar-refractivity contribution in [2.24, 2.45) is 0 Å². The van der Waals surface area contributed by atoms with Gasteiger partial charge in [-0.1, -0.05) is 93.1 Å². The summed E-state index contributed by atoms with van der Waals surface area (Å²) >= 11 is 1.84. The minimum Gasteiger partial charge on any atom is -0.366 e. The van der Waals surface area contributed by atoms with Crippen LogP contribution in [-0.4, -0.2) is 10.1 Å². The molecule has 0 unspecified atom stereocenters. The number of nitrogens with zero attached hydrogens (tertiary/aromatic N) is 2. The van der Waals surface area contributed by atoms with E-state index in [1.165, 1.54) is 31.3 Å². The van der Waals surface area contributed by atoms with Gasteiger partial charge in [-0.15, -0.1) is 81.7 Å². The van der Waals surface area contributed by atoms with Gasteiger partial charge in [0, 0.05) is 57.6 Å². The summed E-state index contributed by atoms with van der Waals surface area (Å²) in [6.07, 6.45) is 1.81. The van der Waals surface area contributed by atoms with Crippen molar-refractivity contribution in [3.05, 3.63) is 145 Å². The molecule has 223 valence electrons. The quantitative estimate of drug-likeness (QED) is 0.168. The van der Waals surface area contributed by atoms with E-state index in [4.69, 9.17) is 4.52 Å². The normalized spacial score (nSPS) is 11.3. The van der Waals surface area contributed by atoms with Crippen LogP contribution in [0.25, 0.3) is 64.8 Å². The molecule has 0 N–H and O–H groups in total. The maximum atomic E-state index is 5.49. The van der Waals surface area contributed by atoms with Crippen LogP contribution in [0.2, 0.25) is 0 Å². The van der Waals surface area contributed by atoms with Gasteiger partial charge in [0.25, 0.3) is 0 Å². The first kappa shape index (κ1) is 30.6. The number of rotatable bonds is 3. The number of hydrogen-bond acceptors (Lipinski definition) is 4. The maximum absolute atomic E-state index is 5.49. The first-order valence-electron chi connectivity index (χ1n) is 14.7. The molecule has 0 saturated carbocycles. The summed E-state index contributed by atoms with van der Waals surface area (Å²) in [6, 6.07) is 48.2. The molecule has 0 aliphatic heterocycles. The monoisotopic (exact) mass is 779 g/mol. The predicted octanol–water partition coefficient (Wildman–Crippen LogP) is 11.2. The van der Waals surface area contributed by atoms with Crippen LogP contribution in [0.4, 0.5) is 0 Å². The number of benzene rings is 5. The largest absolute Gasteiger partial charge is 0.366 e. The molecule has 3 aromatic heterocycles. The van der Waals surface area contributed by atoms with Crippen molar-refractivity contribution in [3.8, 4) is 33.6 Å². The third kappa shape index (κ3) is 6.25. The number of pyridine rings is 1. The van der Waals surface area contributed by atoms with E-state index in [9.17, 15) is 0 Å². The van der Waals surface area contributed by atoms with Crippen LogP contribution in [0, 0.1) is 12.1 Å². The molecule has 0 atom stereocenters. The van der Waals surface area contributed by atoms with E-state index in [-0.39, 0.29) is 25.5 Å². The first-order valence-corrected chi connectivity index (χ1v) is 15.5. The van der Waals surface area contributed by atoms with Crippen molar-refractivity contribution >= 4 is 42.5 Å². The fourth-order valence-electron chi connectivity index (χ4n) is 5.40. The molecule has 0 aliphatic carbocycles. The SMILES string of the molecule is CC(C)(C)c1c[c-]c(-c2ccccn2)cc1.[Ir].[c-]1ccc(-c2cccc3c2sc2ccccc23)cc1-c1noc2ccccc12. The number of fused-ring (bicyclic) bond motifs is 4. The van der Waals surface area contributed by atoms with Crippen molar-refractivity contribution in [2.75, 3.05) is 0 Å². The van der Waals surface area contributed by atoms with Crippen LogP contribution in [0.15, 0.2) is 132 Å². The van der Waals surface area contributed by atoms with Crippen LogP contribution < -0.4 is 0 Å². The molecule has 3 heterocycles. The zero-order valence-corrected chi connectivity index (χ0v) is 28.4. The molecule has 8 aromatic rings. The second-order valence-electron chi connectivity index (χ2n) is 11.8. The molecule has 5 heteroatoms. The summed E-state index contributed by atoms with van der Waals surface area (Å²) in [5, 5.41) is 7.92. The van der Waals surface area contributed by atoms with Crippen molar-refractivity contribution in [1.29, 1.82) is 0 Å². The fourth-order valence-corrected chi connectivity index (χ4v) is 6.64. The van der Waals surface area contributed by atoms with Gasteiger partial charge < -0.3 is 9.51 Å². The minimum atomic E-state index is 0. The Kier molecular flexibility index (Phi) is 8.78. The Morgan fingerprint density at radius 3 is 2.27 bits per heavy atom. The number of aromatic nitrogens is 2. The van der Waals surface area contributed by atoms with Gasteiger partial charge in [-0.3, -0.25) is 0 Å². The Morgan fingerprint density at radius 1 is 0.711 bits per heavy atom. The zero-order chi connectivity index (χ0) is 30.1. The fraction of sp³-hybridized carbons (Fsp3) is 0.100. The van der Waals surface area contributed by atoms with Crippen molar-refractivity contribution in [2.45, 2.75) is 26.2 Å². The topological polar surface area (TPSA) is 38.9 Å². The Labute approximate surface area is 280 Å². The molecule has 0 amide bonds. The third-order valence-electron chi connectivity index (χ3n) is 7.77. The molecular weight excluding hydrogens is 749 g/mol. The maximum Gasteiger partial charge on any atom is 0.157 e. The summed E-state index contributed by atoms with van der Waals surface area (Å²) in [5.74, 6) is 0. The van der Waals surface area contributed by atoms with Gasteiger partial charge in [-0.05, 0) is 34.9 Å². The van der Waals surface area contributed by atoms with Crippen LogP contribution >= 0.6 is 11.3 Å². The van der Waals surface area contributed by atoms with Gasteiger partial charge in [-0.2, -0.15) is 0 Å². The van der Waals surface area contributed by atoms with Gasteiger partial charge in [0.05, 0.1) is 0 Å². The van der Waals surface area contributed by atoms with E-state index in [1.807, 2.05) is 59.9 Å². The number of thiophene rings is 1. The van der Waals surface area contributed by atoms with E-state index in [1.54, 1.807) is 6.20 Å². The van der Waals surface area contributed by atoms with E-state index < -0.39 is 0 Å². The van der Waals surface area contributed by atoms with Crippen LogP contribution in [0.1, 0.15) is 26.3 Å². The standard InChI is InChI=1S/C25H14NOS.C15H16N.Ir/c1-3-13-22-21(10-1)24(26-27-22)17-8-5-7-16(15-17)18-11-6-12-20-19-9-2-4-14-23(19)28-25(18)20;1-15(2,3)13-9-7-12(8-10-13)14-6-4-5-11-16-14;/h1-7,9-15H;4-7,9-11H,1-3H3;/q2*-1;. The molecule has 5 aromatic carbocycles. The van der Waals surface area contributed by atoms with Gasteiger partial charge in [0.15, 0.2) is 5.58 Å². The summed E-state index contributed by atoms with van der Waals surface area (Å²) in [7, 11) is 0. The smallest absolute Gasteiger partial charge is 0.157 e. The third-order valence-corrected chi connectivity index (χ3v) is 8.99. The summed E-state index contributed by atoms with van der Waals surface area (Å²) < 4.78 is 8.12. The minimum absolute atomic E-state index is 0. The summed E-state index contributed by atoms with van der Waals surface area (Å²) in [6.45, 7) is 6.61. The second-order valence-corrected chi connectivity index (χ2v) is 12.8. The summed E-state index contributed by atoms with van der Waals surface area (Å²) in [5.41, 5.74) is 8.48. The van der Waals surface area contributed by atoms with Crippen LogP contribution in [0.3, 0.4) is 0 Å².